The quantitative estimate of drug-likeness (QED) is 0.718. The van der Waals surface area contributed by atoms with Crippen molar-refractivity contribution in [3.63, 3.8) is 0 Å². The third-order valence-corrected chi connectivity index (χ3v) is 3.38. The van der Waals surface area contributed by atoms with E-state index in [1.54, 1.807) is 12.1 Å². The van der Waals surface area contributed by atoms with E-state index < -0.39 is 0 Å². The molecule has 1 aromatic carbocycles. The van der Waals surface area contributed by atoms with Crippen molar-refractivity contribution >= 4 is 29.0 Å². The van der Waals surface area contributed by atoms with Crippen LogP contribution < -0.4 is 11.1 Å². The number of hydrogen-bond donors (Lipinski definition) is 2. The maximum absolute atomic E-state index is 11.7. The summed E-state index contributed by atoms with van der Waals surface area (Å²) in [4.78, 5) is 14.0. The van der Waals surface area contributed by atoms with Gasteiger partial charge in [-0.3, -0.25) is 4.79 Å². The van der Waals surface area contributed by atoms with Gasteiger partial charge >= 0.3 is 0 Å². The third kappa shape index (κ3) is 7.08. The van der Waals surface area contributed by atoms with E-state index in [-0.39, 0.29) is 5.91 Å². The van der Waals surface area contributed by atoms with E-state index in [9.17, 15) is 4.79 Å². The van der Waals surface area contributed by atoms with E-state index in [4.69, 9.17) is 5.73 Å². The molecule has 0 aliphatic carbocycles. The van der Waals surface area contributed by atoms with Gasteiger partial charge in [0.15, 0.2) is 0 Å². The van der Waals surface area contributed by atoms with Crippen LogP contribution in [0.2, 0.25) is 0 Å². The summed E-state index contributed by atoms with van der Waals surface area (Å²) in [7, 11) is 2.09. The first-order chi connectivity index (χ1) is 9.11. The Labute approximate surface area is 119 Å². The lowest BCUT2D eigenvalue weighted by atomic mass is 10.2. The summed E-state index contributed by atoms with van der Waals surface area (Å²) in [6.07, 6.45) is 3.52. The number of nitrogens with two attached hydrogens (primary N) is 1. The number of carbonyl (C=O) groups excluding carboxylic acids is 1. The van der Waals surface area contributed by atoms with Crippen LogP contribution in [0.1, 0.15) is 12.8 Å². The topological polar surface area (TPSA) is 58.4 Å². The molecule has 1 amide bonds. The molecule has 3 N–H and O–H groups in total. The zero-order chi connectivity index (χ0) is 14.1. The normalized spacial score (nSPS) is 10.7. The molecule has 4 nitrogen and oxygen atoms in total. The Morgan fingerprint density at radius 1 is 1.42 bits per heavy atom. The Morgan fingerprint density at radius 2 is 2.21 bits per heavy atom. The first kappa shape index (κ1) is 15.9. The maximum atomic E-state index is 11.7. The molecule has 1 rings (SSSR count). The summed E-state index contributed by atoms with van der Waals surface area (Å²) in [5.74, 6) is 1.18. The van der Waals surface area contributed by atoms with Crippen LogP contribution >= 0.6 is 11.8 Å². The zero-order valence-corrected chi connectivity index (χ0v) is 12.5. The van der Waals surface area contributed by atoms with Crippen LogP contribution in [0.5, 0.6) is 0 Å². The lowest BCUT2D eigenvalue weighted by molar-refractivity contribution is -0.116. The van der Waals surface area contributed by atoms with Gasteiger partial charge in [0.05, 0.1) is 0 Å². The highest BCUT2D eigenvalue weighted by molar-refractivity contribution is 7.98. The van der Waals surface area contributed by atoms with Crippen LogP contribution in [0.25, 0.3) is 0 Å². The molecule has 0 unspecified atom stereocenters. The van der Waals surface area contributed by atoms with Gasteiger partial charge in [0.1, 0.15) is 0 Å². The SMILES string of the molecule is CSCCN(C)CCCC(=O)Nc1cccc(N)c1. The van der Waals surface area contributed by atoms with Crippen molar-refractivity contribution < 1.29 is 4.79 Å². The second-order valence-corrected chi connectivity index (χ2v) is 5.56. The van der Waals surface area contributed by atoms with Crippen molar-refractivity contribution in [2.24, 2.45) is 0 Å². The Kier molecular flexibility index (Phi) is 7.36. The number of thioether (sulfide) groups is 1. The molecular weight excluding hydrogens is 258 g/mol. The lowest BCUT2D eigenvalue weighted by Crippen LogP contribution is -2.23. The van der Waals surface area contributed by atoms with Gasteiger partial charge in [-0.05, 0) is 44.5 Å². The van der Waals surface area contributed by atoms with E-state index in [0.29, 0.717) is 12.1 Å². The minimum absolute atomic E-state index is 0.0452. The van der Waals surface area contributed by atoms with Gasteiger partial charge in [0.25, 0.3) is 0 Å². The Balaban J connectivity index is 2.21. The molecule has 0 atom stereocenters. The number of nitrogens with one attached hydrogen (secondary N) is 1. The minimum atomic E-state index is 0.0452. The number of amides is 1. The molecule has 0 aliphatic heterocycles. The smallest absolute Gasteiger partial charge is 0.224 e. The minimum Gasteiger partial charge on any atom is -0.399 e. The van der Waals surface area contributed by atoms with Gasteiger partial charge in [-0.1, -0.05) is 6.07 Å². The summed E-state index contributed by atoms with van der Waals surface area (Å²) in [6, 6.07) is 7.25. The molecule has 106 valence electrons. The highest BCUT2D eigenvalue weighted by Gasteiger charge is 2.04. The van der Waals surface area contributed by atoms with E-state index in [0.717, 1.165) is 31.0 Å². The summed E-state index contributed by atoms with van der Waals surface area (Å²) in [5, 5.41) is 2.86. The molecule has 0 radical (unpaired) electrons. The van der Waals surface area contributed by atoms with E-state index >= 15 is 0 Å². The van der Waals surface area contributed by atoms with Gasteiger partial charge in [0, 0.05) is 30.1 Å². The molecular formula is C14H23N3OS. The lowest BCUT2D eigenvalue weighted by Gasteiger charge is -2.15. The monoisotopic (exact) mass is 281 g/mol. The second-order valence-electron chi connectivity index (χ2n) is 4.57. The number of anilines is 2. The first-order valence-corrected chi connectivity index (χ1v) is 7.84. The van der Waals surface area contributed by atoms with Crippen molar-refractivity contribution in [1.29, 1.82) is 0 Å². The van der Waals surface area contributed by atoms with Crippen molar-refractivity contribution in [2.75, 3.05) is 43.2 Å². The average Bonchev–Trinajstić information content (AvgIpc) is 2.36. The van der Waals surface area contributed by atoms with Crippen LogP contribution in [-0.2, 0) is 4.79 Å². The average molecular weight is 281 g/mol. The number of carbonyl (C=O) groups is 1. The van der Waals surface area contributed by atoms with Crippen molar-refractivity contribution in [3.8, 4) is 0 Å². The van der Waals surface area contributed by atoms with E-state index in [2.05, 4.69) is 23.5 Å². The summed E-state index contributed by atoms with van der Waals surface area (Å²) in [5.41, 5.74) is 7.09. The molecule has 0 spiro atoms. The fourth-order valence-corrected chi connectivity index (χ4v) is 2.20. The standard InChI is InChI=1S/C14H23N3OS/c1-17(9-10-19-2)8-4-7-14(18)16-13-6-3-5-12(15)11-13/h3,5-6,11H,4,7-10,15H2,1-2H3,(H,16,18). The molecule has 1 aromatic rings. The molecule has 0 saturated heterocycles. The molecule has 19 heavy (non-hydrogen) atoms. The number of benzene rings is 1. The Bertz CT molecular complexity index is 398. The van der Waals surface area contributed by atoms with Gasteiger partial charge in [0.2, 0.25) is 5.91 Å². The van der Waals surface area contributed by atoms with E-state index in [1.807, 2.05) is 23.9 Å². The maximum Gasteiger partial charge on any atom is 0.224 e. The molecule has 0 aromatic heterocycles. The van der Waals surface area contributed by atoms with Gasteiger partial charge in [-0.2, -0.15) is 11.8 Å². The summed E-state index contributed by atoms with van der Waals surface area (Å²) >= 11 is 1.84. The molecule has 5 heteroatoms. The van der Waals surface area contributed by atoms with Crippen LogP contribution in [0.3, 0.4) is 0 Å². The summed E-state index contributed by atoms with van der Waals surface area (Å²) < 4.78 is 0. The van der Waals surface area contributed by atoms with Gasteiger partial charge < -0.3 is 16.0 Å². The molecule has 0 heterocycles. The summed E-state index contributed by atoms with van der Waals surface area (Å²) in [6.45, 7) is 2.02. The van der Waals surface area contributed by atoms with Crippen LogP contribution in [0, 0.1) is 0 Å². The largest absolute Gasteiger partial charge is 0.399 e. The molecule has 0 aliphatic rings. The highest BCUT2D eigenvalue weighted by Crippen LogP contribution is 2.12. The Morgan fingerprint density at radius 3 is 2.89 bits per heavy atom. The second kappa shape index (κ2) is 8.82. The number of rotatable bonds is 8. The third-order valence-electron chi connectivity index (χ3n) is 2.79. The van der Waals surface area contributed by atoms with Crippen molar-refractivity contribution in [2.45, 2.75) is 12.8 Å². The number of nitrogens with zero attached hydrogens (tertiary/aromatic N) is 1. The number of nitrogen functional groups attached to an aromatic ring is 1. The Hall–Kier alpha value is -1.20. The zero-order valence-electron chi connectivity index (χ0n) is 11.7. The van der Waals surface area contributed by atoms with Crippen molar-refractivity contribution in [3.05, 3.63) is 24.3 Å². The fraction of sp³-hybridized carbons (Fsp3) is 0.500. The predicted octanol–water partition coefficient (Wildman–Crippen LogP) is 2.28. The fourth-order valence-electron chi connectivity index (χ4n) is 1.71. The van der Waals surface area contributed by atoms with Crippen LogP contribution in [0.4, 0.5) is 11.4 Å². The highest BCUT2D eigenvalue weighted by atomic mass is 32.2. The predicted molar refractivity (Wildman–Crippen MR) is 84.6 cm³/mol. The van der Waals surface area contributed by atoms with Gasteiger partial charge in [-0.15, -0.1) is 0 Å². The van der Waals surface area contributed by atoms with Gasteiger partial charge in [-0.25, -0.2) is 0 Å². The first-order valence-electron chi connectivity index (χ1n) is 6.44. The van der Waals surface area contributed by atoms with Crippen LogP contribution in [0.15, 0.2) is 24.3 Å². The molecule has 0 fully saturated rings. The molecule has 0 saturated carbocycles. The van der Waals surface area contributed by atoms with Crippen molar-refractivity contribution in [1.82, 2.24) is 4.90 Å². The van der Waals surface area contributed by atoms with Crippen LogP contribution in [-0.4, -0.2) is 43.0 Å². The van der Waals surface area contributed by atoms with E-state index in [1.165, 1.54) is 0 Å². The molecule has 0 bridgehead atoms. The number of hydrogen-bond acceptors (Lipinski definition) is 4.